The predicted octanol–water partition coefficient (Wildman–Crippen LogP) is 23.9. The summed E-state index contributed by atoms with van der Waals surface area (Å²) in [5.41, 5.74) is 0. The molecule has 1 amide bonds. The van der Waals surface area contributed by atoms with Crippen LogP contribution in [0.3, 0.4) is 0 Å². The summed E-state index contributed by atoms with van der Waals surface area (Å²) < 4.78 is 0. The summed E-state index contributed by atoms with van der Waals surface area (Å²) in [7, 11) is 0. The number of aliphatic hydroxyl groups excluding tert-OH is 2. The molecule has 0 saturated heterocycles. The van der Waals surface area contributed by atoms with Gasteiger partial charge < -0.3 is 15.5 Å². The quantitative estimate of drug-likeness (QED) is 0.0420. The fourth-order valence-electron chi connectivity index (χ4n) is 10.2. The van der Waals surface area contributed by atoms with Crippen molar-refractivity contribution in [1.82, 2.24) is 5.32 Å². The van der Waals surface area contributed by atoms with Gasteiger partial charge in [-0.25, -0.2) is 0 Å². The lowest BCUT2D eigenvalue weighted by Gasteiger charge is -2.19. The first-order valence-electron chi connectivity index (χ1n) is 34.7. The molecule has 0 bridgehead atoms. The summed E-state index contributed by atoms with van der Waals surface area (Å²) in [6, 6.07) is -0.648. The largest absolute Gasteiger partial charge is 0.394 e. The number of carbonyl (C=O) groups is 1. The topological polar surface area (TPSA) is 69.6 Å². The van der Waals surface area contributed by atoms with Crippen molar-refractivity contribution in [2.75, 3.05) is 6.61 Å². The van der Waals surface area contributed by atoms with Gasteiger partial charge in [0.2, 0.25) is 5.91 Å². The van der Waals surface area contributed by atoms with Crippen molar-refractivity contribution in [1.29, 1.82) is 0 Å². The van der Waals surface area contributed by atoms with E-state index in [-0.39, 0.29) is 12.5 Å². The predicted molar refractivity (Wildman–Crippen MR) is 359 cm³/mol. The maximum atomic E-state index is 12.5. The molecule has 4 heteroatoms. The molecule has 2 atom stereocenters. The number of hydrogen-bond acceptors (Lipinski definition) is 3. The first-order chi connectivity index (χ1) is 39.7. The first kappa shape index (κ1) is 76.8. The van der Waals surface area contributed by atoms with Gasteiger partial charge in [0.25, 0.3) is 0 Å². The maximum absolute atomic E-state index is 12.5. The highest BCUT2D eigenvalue weighted by Crippen LogP contribution is 2.18. The molecule has 0 aliphatic carbocycles. The van der Waals surface area contributed by atoms with E-state index in [1.54, 1.807) is 6.08 Å². The van der Waals surface area contributed by atoms with Crippen molar-refractivity contribution >= 4 is 5.91 Å². The lowest BCUT2D eigenvalue weighted by molar-refractivity contribution is -0.123. The Hall–Kier alpha value is -3.21. The molecule has 80 heavy (non-hydrogen) atoms. The van der Waals surface area contributed by atoms with Crippen molar-refractivity contribution in [2.45, 2.75) is 347 Å². The lowest BCUT2D eigenvalue weighted by atomic mass is 10.0. The Bertz CT molecular complexity index is 1540. The van der Waals surface area contributed by atoms with Gasteiger partial charge in [0, 0.05) is 6.42 Å². The summed E-state index contributed by atoms with van der Waals surface area (Å²) in [6.45, 7) is 4.21. The molecular formula is C76H133NO3. The highest BCUT2D eigenvalue weighted by molar-refractivity contribution is 5.76. The summed E-state index contributed by atoms with van der Waals surface area (Å²) >= 11 is 0. The number of hydrogen-bond donors (Lipinski definition) is 3. The Kier molecular flexibility index (Phi) is 67.2. The summed E-state index contributed by atoms with van der Waals surface area (Å²) in [5, 5.41) is 23.3. The summed E-state index contributed by atoms with van der Waals surface area (Å²) in [4.78, 5) is 12.5. The van der Waals surface area contributed by atoms with Gasteiger partial charge in [0.15, 0.2) is 0 Å². The number of rotatable bonds is 63. The van der Waals surface area contributed by atoms with E-state index in [9.17, 15) is 15.0 Å². The van der Waals surface area contributed by atoms with E-state index in [1.165, 1.54) is 231 Å². The molecule has 0 heterocycles. The minimum atomic E-state index is -0.871. The van der Waals surface area contributed by atoms with Crippen molar-refractivity contribution in [3.63, 3.8) is 0 Å². The number of carbonyl (C=O) groups excluding carboxylic acids is 1. The van der Waals surface area contributed by atoms with Crippen LogP contribution in [0.25, 0.3) is 0 Å². The molecule has 0 spiro atoms. The number of amides is 1. The number of aliphatic hydroxyl groups is 2. The van der Waals surface area contributed by atoms with Gasteiger partial charge in [-0.05, 0) is 96.3 Å². The molecule has 0 aromatic carbocycles. The Morgan fingerprint density at radius 1 is 0.312 bits per heavy atom. The molecule has 0 aliphatic heterocycles. The second kappa shape index (κ2) is 70.1. The molecule has 0 aliphatic rings. The Balaban J connectivity index is 3.54. The molecule has 0 saturated carbocycles. The normalized spacial score (nSPS) is 13.5. The average Bonchev–Trinajstić information content (AvgIpc) is 3.46. The smallest absolute Gasteiger partial charge is 0.220 e. The zero-order valence-corrected chi connectivity index (χ0v) is 53.1. The van der Waals surface area contributed by atoms with Crippen LogP contribution < -0.4 is 5.32 Å². The molecule has 0 radical (unpaired) electrons. The number of nitrogens with one attached hydrogen (secondary N) is 1. The highest BCUT2D eigenvalue weighted by Gasteiger charge is 2.18. The number of unbranched alkanes of at least 4 members (excludes halogenated alkanes) is 38. The van der Waals surface area contributed by atoms with Gasteiger partial charge in [0.1, 0.15) is 0 Å². The van der Waals surface area contributed by atoms with E-state index in [0.29, 0.717) is 6.42 Å². The van der Waals surface area contributed by atoms with Crippen LogP contribution in [0.5, 0.6) is 0 Å². The van der Waals surface area contributed by atoms with Crippen molar-refractivity contribution in [2.24, 2.45) is 0 Å². The fraction of sp³-hybridized carbons (Fsp3) is 0.724. The van der Waals surface area contributed by atoms with Gasteiger partial charge in [-0.15, -0.1) is 0 Å². The van der Waals surface area contributed by atoms with Gasteiger partial charge in [-0.1, -0.05) is 354 Å². The van der Waals surface area contributed by atoms with Gasteiger partial charge in [-0.2, -0.15) is 0 Å². The second-order valence-corrected chi connectivity index (χ2v) is 23.2. The van der Waals surface area contributed by atoms with E-state index >= 15 is 0 Å². The van der Waals surface area contributed by atoms with E-state index in [1.807, 2.05) is 6.08 Å². The SMILES string of the molecule is CC/C=C\C/C=C\C/C=C\C/C=C\C/C=C\C/C=C\C/C=C\C/C=C\CCCCCCCCCCCCCCCCC(=O)NC(CO)C(O)/C=C/CC/C=C/CCCCCCCCCCCCCCCCCCCCCCCCC. The van der Waals surface area contributed by atoms with Crippen molar-refractivity contribution in [3.05, 3.63) is 122 Å². The molecule has 0 aromatic rings. The van der Waals surface area contributed by atoms with Crippen LogP contribution in [0.4, 0.5) is 0 Å². The molecule has 0 rings (SSSR count). The third kappa shape index (κ3) is 65.6. The fourth-order valence-corrected chi connectivity index (χ4v) is 10.2. The molecule has 2 unspecified atom stereocenters. The molecule has 3 N–H and O–H groups in total. The molecule has 460 valence electrons. The Morgan fingerprint density at radius 2 is 0.562 bits per heavy atom. The van der Waals surface area contributed by atoms with Crippen LogP contribution in [0.2, 0.25) is 0 Å². The van der Waals surface area contributed by atoms with E-state index in [0.717, 1.165) is 83.5 Å². The van der Waals surface area contributed by atoms with Crippen LogP contribution in [-0.2, 0) is 4.79 Å². The molecule has 0 fully saturated rings. The lowest BCUT2D eigenvalue weighted by Crippen LogP contribution is -2.45. The highest BCUT2D eigenvalue weighted by atomic mass is 16.3. The van der Waals surface area contributed by atoms with Gasteiger partial charge in [-0.3, -0.25) is 4.79 Å². The van der Waals surface area contributed by atoms with E-state index in [4.69, 9.17) is 0 Å². The first-order valence-corrected chi connectivity index (χ1v) is 34.7. The van der Waals surface area contributed by atoms with Crippen molar-refractivity contribution in [3.8, 4) is 0 Å². The Labute approximate surface area is 499 Å². The number of allylic oxidation sites excluding steroid dienone is 19. The van der Waals surface area contributed by atoms with Crippen LogP contribution in [0.15, 0.2) is 122 Å². The standard InChI is InChI=1S/C76H133NO3/c1-3-5-7-9-11-13-15-17-19-21-23-25-27-29-31-33-34-35-36-37-38-39-40-41-42-44-46-48-50-52-54-56-58-60-62-64-66-68-70-72-76(80)77-74(73-78)75(79)71-69-67-65-63-61-59-57-55-53-51-49-47-45-43-32-30-28-26-24-22-20-18-16-14-12-10-8-6-4-2/h5,7,11,13,17,19,23,25,29,31,34-35,37-38,40-41,61,63,69,71,74-75,78-79H,3-4,6,8-10,12,14-16,18,20-22,24,26-28,30,32-33,36,39,42-60,62,64-68,70,72-73H2,1-2H3,(H,77,80)/b7-5-,13-11-,19-17-,25-23-,31-29-,35-34-,38-37-,41-40-,63-61+,71-69+. The van der Waals surface area contributed by atoms with Crippen molar-refractivity contribution < 1.29 is 15.0 Å². The zero-order chi connectivity index (χ0) is 57.6. The third-order valence-electron chi connectivity index (χ3n) is 15.4. The molecular weight excluding hydrogens is 975 g/mol. The Morgan fingerprint density at radius 3 is 0.875 bits per heavy atom. The summed E-state index contributed by atoms with van der Waals surface area (Å²) in [6.07, 6.45) is 107. The molecule has 0 aromatic heterocycles. The van der Waals surface area contributed by atoms with Gasteiger partial charge >= 0.3 is 0 Å². The second-order valence-electron chi connectivity index (χ2n) is 23.2. The monoisotopic (exact) mass is 1110 g/mol. The zero-order valence-electron chi connectivity index (χ0n) is 53.1. The minimum Gasteiger partial charge on any atom is -0.394 e. The van der Waals surface area contributed by atoms with Crippen LogP contribution in [0, 0.1) is 0 Å². The van der Waals surface area contributed by atoms with Crippen LogP contribution in [-0.4, -0.2) is 34.9 Å². The van der Waals surface area contributed by atoms with Gasteiger partial charge in [0.05, 0.1) is 18.8 Å². The van der Waals surface area contributed by atoms with Crippen LogP contribution in [0.1, 0.15) is 335 Å². The average molecular weight is 1110 g/mol. The van der Waals surface area contributed by atoms with E-state index < -0.39 is 12.1 Å². The maximum Gasteiger partial charge on any atom is 0.220 e. The summed E-state index contributed by atoms with van der Waals surface area (Å²) in [5.74, 6) is -0.0748. The minimum absolute atomic E-state index is 0.0748. The third-order valence-corrected chi connectivity index (χ3v) is 15.4. The van der Waals surface area contributed by atoms with E-state index in [2.05, 4.69) is 129 Å². The molecule has 4 nitrogen and oxygen atoms in total. The van der Waals surface area contributed by atoms with Crippen LogP contribution >= 0.6 is 0 Å².